The van der Waals surface area contributed by atoms with Gasteiger partial charge in [-0.1, -0.05) is 0 Å². The number of amides is 1. The van der Waals surface area contributed by atoms with E-state index in [0.717, 1.165) is 63.7 Å². The molecular weight excluding hydrogens is 414 g/mol. The fourth-order valence-corrected chi connectivity index (χ4v) is 7.33. The fraction of sp³-hybridized carbons (Fsp3) is 0.500. The van der Waals surface area contributed by atoms with E-state index in [1.165, 1.54) is 36.4 Å². The number of rotatable bonds is 5. The Hall–Kier alpha value is -1.87. The van der Waals surface area contributed by atoms with Gasteiger partial charge in [0.2, 0.25) is 5.91 Å². The highest BCUT2D eigenvalue weighted by Gasteiger charge is 2.38. The zero-order valence-electron chi connectivity index (χ0n) is 16.8. The van der Waals surface area contributed by atoms with Gasteiger partial charge in [0.1, 0.15) is 15.5 Å². The molecule has 6 nitrogen and oxygen atoms in total. The Kier molecular flexibility index (Phi) is 4.83. The van der Waals surface area contributed by atoms with Crippen LogP contribution >= 0.6 is 22.7 Å². The van der Waals surface area contributed by atoms with Gasteiger partial charge in [0.05, 0.1) is 10.9 Å². The van der Waals surface area contributed by atoms with Gasteiger partial charge in [0.15, 0.2) is 0 Å². The monoisotopic (exact) mass is 439 g/mol. The number of likely N-dealkylation sites (tertiary alicyclic amines) is 1. The summed E-state index contributed by atoms with van der Waals surface area (Å²) in [6, 6.07) is 2.01. The topological polar surface area (TPSA) is 70.2 Å². The van der Waals surface area contributed by atoms with Crippen molar-refractivity contribution in [3.63, 3.8) is 0 Å². The molecule has 30 heavy (non-hydrogen) atoms. The normalized spacial score (nSPS) is 23.2. The summed E-state index contributed by atoms with van der Waals surface area (Å²) in [7, 11) is 0. The van der Waals surface area contributed by atoms with Crippen molar-refractivity contribution in [2.75, 3.05) is 31.5 Å². The summed E-state index contributed by atoms with van der Waals surface area (Å²) in [4.78, 5) is 25.7. The molecule has 156 valence electrons. The minimum atomic E-state index is 0.116. The third kappa shape index (κ3) is 3.36. The van der Waals surface area contributed by atoms with E-state index in [-0.39, 0.29) is 5.91 Å². The average molecular weight is 440 g/mol. The largest absolute Gasteiger partial charge is 0.317 e. The molecule has 5 heterocycles. The highest BCUT2D eigenvalue weighted by atomic mass is 32.1. The summed E-state index contributed by atoms with van der Waals surface area (Å²) in [5.41, 5.74) is 3.40. The number of fused-ring (bicyclic) bond motifs is 3. The maximum absolute atomic E-state index is 12.8. The van der Waals surface area contributed by atoms with Crippen molar-refractivity contribution in [1.29, 1.82) is 0 Å². The van der Waals surface area contributed by atoms with Gasteiger partial charge < -0.3 is 15.5 Å². The van der Waals surface area contributed by atoms with Gasteiger partial charge in [-0.25, -0.2) is 4.98 Å². The Morgan fingerprint density at radius 1 is 1.27 bits per heavy atom. The van der Waals surface area contributed by atoms with E-state index in [1.807, 2.05) is 18.5 Å². The molecule has 2 aliphatic heterocycles. The van der Waals surface area contributed by atoms with Crippen LogP contribution in [0.5, 0.6) is 0 Å². The van der Waals surface area contributed by atoms with Crippen LogP contribution in [0.25, 0.3) is 20.8 Å². The van der Waals surface area contributed by atoms with E-state index >= 15 is 0 Å². The molecule has 1 aliphatic carbocycles. The molecule has 3 aliphatic rings. The predicted octanol–water partition coefficient (Wildman–Crippen LogP) is 3.74. The van der Waals surface area contributed by atoms with Crippen LogP contribution < -0.4 is 10.6 Å². The Labute approximate surface area is 183 Å². The molecule has 8 heteroatoms. The average Bonchev–Trinajstić information content (AvgIpc) is 3.39. The number of thiophene rings is 1. The van der Waals surface area contributed by atoms with Crippen LogP contribution in [0.1, 0.15) is 29.7 Å². The van der Waals surface area contributed by atoms with Crippen LogP contribution in [0, 0.1) is 11.8 Å². The molecule has 2 N–H and O–H groups in total. The quantitative estimate of drug-likeness (QED) is 0.634. The third-order valence-electron chi connectivity index (χ3n) is 6.80. The molecule has 1 saturated carbocycles. The summed E-state index contributed by atoms with van der Waals surface area (Å²) in [5.74, 6) is 1.90. The van der Waals surface area contributed by atoms with E-state index in [0.29, 0.717) is 6.42 Å². The highest BCUT2D eigenvalue weighted by Crippen LogP contribution is 2.45. The van der Waals surface area contributed by atoms with Crippen LogP contribution in [0.3, 0.4) is 0 Å². The molecule has 6 rings (SSSR count). The second-order valence-electron chi connectivity index (χ2n) is 8.65. The first kappa shape index (κ1) is 18.9. The molecule has 0 aromatic carbocycles. The number of anilines is 1. The third-order valence-corrected chi connectivity index (χ3v) is 9.00. The van der Waals surface area contributed by atoms with Gasteiger partial charge in [-0.2, -0.15) is 0 Å². The van der Waals surface area contributed by atoms with Crippen molar-refractivity contribution in [3.05, 3.63) is 28.9 Å². The molecule has 2 unspecified atom stereocenters. The molecule has 1 amide bonds. The minimum Gasteiger partial charge on any atom is -0.317 e. The lowest BCUT2D eigenvalue weighted by Crippen LogP contribution is -2.25. The molecule has 3 aromatic heterocycles. The first-order valence-corrected chi connectivity index (χ1v) is 12.5. The van der Waals surface area contributed by atoms with E-state index in [1.54, 1.807) is 22.7 Å². The summed E-state index contributed by atoms with van der Waals surface area (Å²) in [5, 5.41) is 8.65. The van der Waals surface area contributed by atoms with Crippen molar-refractivity contribution >= 4 is 43.8 Å². The lowest BCUT2D eigenvalue weighted by molar-refractivity contribution is -0.116. The molecular formula is C22H25N5OS2. The molecule has 2 atom stereocenters. The minimum absolute atomic E-state index is 0.116. The number of nitrogens with one attached hydrogen (secondary N) is 2. The van der Waals surface area contributed by atoms with E-state index < -0.39 is 0 Å². The first-order valence-electron chi connectivity index (χ1n) is 10.8. The van der Waals surface area contributed by atoms with Crippen LogP contribution in [-0.2, 0) is 17.8 Å². The van der Waals surface area contributed by atoms with Crippen molar-refractivity contribution in [2.45, 2.75) is 32.2 Å². The van der Waals surface area contributed by atoms with Gasteiger partial charge in [0, 0.05) is 49.2 Å². The number of hydrogen-bond acceptors (Lipinski definition) is 7. The molecule has 1 saturated heterocycles. The molecule has 0 bridgehead atoms. The Morgan fingerprint density at radius 3 is 2.93 bits per heavy atom. The predicted molar refractivity (Wildman–Crippen MR) is 122 cm³/mol. The molecule has 0 radical (unpaired) electrons. The van der Waals surface area contributed by atoms with E-state index in [9.17, 15) is 4.79 Å². The molecule has 3 aromatic rings. The first-order chi connectivity index (χ1) is 14.7. The number of nitrogens with zero attached hydrogens (tertiary/aromatic N) is 3. The summed E-state index contributed by atoms with van der Waals surface area (Å²) in [6.07, 6.45) is 7.92. The molecule has 2 fully saturated rings. The van der Waals surface area contributed by atoms with Crippen molar-refractivity contribution in [3.8, 4) is 10.6 Å². The fourth-order valence-electron chi connectivity index (χ4n) is 5.02. The summed E-state index contributed by atoms with van der Waals surface area (Å²) >= 11 is 3.39. The maximum atomic E-state index is 12.8. The van der Waals surface area contributed by atoms with Crippen molar-refractivity contribution < 1.29 is 4.79 Å². The zero-order valence-corrected chi connectivity index (χ0v) is 18.5. The Balaban J connectivity index is 1.24. The van der Waals surface area contributed by atoms with Gasteiger partial charge in [0.25, 0.3) is 0 Å². The standard InChI is InChI=1S/C22H25N5OS2/c28-19(5-8-27-11-13-1-2-14(13)12-27)26-22-20(15-3-6-24-10-18(15)30-22)21-25-16-9-23-7-4-17(16)29-21/h4,7,9,13-14,24H,1-3,5-6,8,10-12H2,(H,26,28). The van der Waals surface area contributed by atoms with Crippen LogP contribution in [0.4, 0.5) is 5.00 Å². The van der Waals surface area contributed by atoms with Gasteiger partial charge in [-0.05, 0) is 49.3 Å². The second kappa shape index (κ2) is 7.67. The Bertz CT molecular complexity index is 1060. The smallest absolute Gasteiger partial charge is 0.226 e. The number of carbonyl (C=O) groups is 1. The van der Waals surface area contributed by atoms with Gasteiger partial charge >= 0.3 is 0 Å². The van der Waals surface area contributed by atoms with Gasteiger partial charge in [-0.15, -0.1) is 22.7 Å². The van der Waals surface area contributed by atoms with Crippen molar-refractivity contribution in [1.82, 2.24) is 20.2 Å². The lowest BCUT2D eigenvalue weighted by Gasteiger charge is -2.28. The number of hydrogen-bond donors (Lipinski definition) is 2. The zero-order chi connectivity index (χ0) is 20.1. The van der Waals surface area contributed by atoms with Crippen LogP contribution in [-0.4, -0.2) is 47.0 Å². The number of aromatic nitrogens is 2. The number of carbonyl (C=O) groups excluding carboxylic acids is 1. The maximum Gasteiger partial charge on any atom is 0.226 e. The van der Waals surface area contributed by atoms with Gasteiger partial charge in [-0.3, -0.25) is 9.78 Å². The second-order valence-corrected chi connectivity index (χ2v) is 10.8. The number of thiazole rings is 1. The SMILES string of the molecule is O=C(CCN1CC2CCC2C1)Nc1sc2c(c1-c1nc3cnccc3s1)CCNC2. The summed E-state index contributed by atoms with van der Waals surface area (Å²) in [6.45, 7) is 5.07. The Morgan fingerprint density at radius 2 is 2.13 bits per heavy atom. The highest BCUT2D eigenvalue weighted by molar-refractivity contribution is 7.22. The van der Waals surface area contributed by atoms with E-state index in [4.69, 9.17) is 4.98 Å². The van der Waals surface area contributed by atoms with Crippen molar-refractivity contribution in [2.24, 2.45) is 11.8 Å². The summed E-state index contributed by atoms with van der Waals surface area (Å²) < 4.78 is 1.13. The van der Waals surface area contributed by atoms with Crippen LogP contribution in [0.2, 0.25) is 0 Å². The number of pyridine rings is 1. The lowest BCUT2D eigenvalue weighted by atomic mass is 9.77. The van der Waals surface area contributed by atoms with E-state index in [2.05, 4.69) is 20.5 Å². The van der Waals surface area contributed by atoms with Crippen LogP contribution in [0.15, 0.2) is 18.5 Å². The molecule has 0 spiro atoms.